The van der Waals surface area contributed by atoms with E-state index in [1.165, 1.54) is 44.9 Å². The Hall–Kier alpha value is -0.480. The van der Waals surface area contributed by atoms with Crippen molar-refractivity contribution in [3.05, 3.63) is 0 Å². The van der Waals surface area contributed by atoms with Crippen LogP contribution in [-0.2, 0) is 0 Å². The summed E-state index contributed by atoms with van der Waals surface area (Å²) in [4.78, 5) is 0. The molecule has 0 heterocycles. The molecule has 0 aromatic rings. The predicted octanol–water partition coefficient (Wildman–Crippen LogP) is 5.18. The molecule has 1 nitrogen and oxygen atoms in total. The molecule has 2 fully saturated rings. The summed E-state index contributed by atoms with van der Waals surface area (Å²) >= 11 is 0. The van der Waals surface area contributed by atoms with E-state index in [0.717, 1.165) is 55.8 Å². The monoisotopic (exact) mass is 290 g/mol. The lowest BCUT2D eigenvalue weighted by molar-refractivity contribution is 0.283. The number of rotatable bonds is 11. The van der Waals surface area contributed by atoms with Crippen molar-refractivity contribution in [1.29, 1.82) is 0 Å². The summed E-state index contributed by atoms with van der Waals surface area (Å²) in [6.45, 7) is 2.63. The van der Waals surface area contributed by atoms with Crippen LogP contribution in [0.25, 0.3) is 0 Å². The lowest BCUT2D eigenvalue weighted by Crippen LogP contribution is -1.88. The molecule has 1 N–H and O–H groups in total. The van der Waals surface area contributed by atoms with E-state index in [1.807, 2.05) is 0 Å². The zero-order valence-corrected chi connectivity index (χ0v) is 13.9. The maximum Gasteiger partial charge on any atom is 0.0431 e. The molecule has 0 spiro atoms. The van der Waals surface area contributed by atoms with Gasteiger partial charge in [0, 0.05) is 19.4 Å². The first-order valence-corrected chi connectivity index (χ1v) is 9.41. The lowest BCUT2D eigenvalue weighted by Gasteiger charge is -1.99. The van der Waals surface area contributed by atoms with Crippen LogP contribution >= 0.6 is 0 Å². The van der Waals surface area contributed by atoms with Gasteiger partial charge in [-0.15, -0.1) is 11.8 Å². The third-order valence-electron chi connectivity index (χ3n) is 5.37. The van der Waals surface area contributed by atoms with Gasteiger partial charge in [-0.2, -0.15) is 0 Å². The van der Waals surface area contributed by atoms with Crippen LogP contribution in [0.15, 0.2) is 0 Å². The minimum atomic E-state index is 0.331. The van der Waals surface area contributed by atoms with E-state index >= 15 is 0 Å². The van der Waals surface area contributed by atoms with E-state index in [-0.39, 0.29) is 0 Å². The summed E-state index contributed by atoms with van der Waals surface area (Å²) in [5, 5.41) is 8.70. The van der Waals surface area contributed by atoms with E-state index in [2.05, 4.69) is 18.8 Å². The van der Waals surface area contributed by atoms with Crippen molar-refractivity contribution in [3.8, 4) is 11.8 Å². The molecule has 0 saturated heterocycles. The van der Waals surface area contributed by atoms with Gasteiger partial charge in [0.25, 0.3) is 0 Å². The van der Waals surface area contributed by atoms with Gasteiger partial charge in [0.15, 0.2) is 0 Å². The van der Waals surface area contributed by atoms with Crippen LogP contribution in [0.4, 0.5) is 0 Å². The van der Waals surface area contributed by atoms with E-state index in [0.29, 0.717) is 6.61 Å². The molecule has 0 amide bonds. The summed E-state index contributed by atoms with van der Waals surface area (Å²) < 4.78 is 0. The van der Waals surface area contributed by atoms with Crippen molar-refractivity contribution < 1.29 is 5.11 Å². The second kappa shape index (κ2) is 9.52. The predicted molar refractivity (Wildman–Crippen MR) is 89.9 cm³/mol. The molecule has 0 aromatic carbocycles. The van der Waals surface area contributed by atoms with Crippen molar-refractivity contribution in [1.82, 2.24) is 0 Å². The van der Waals surface area contributed by atoms with Crippen LogP contribution in [-0.4, -0.2) is 11.7 Å². The topological polar surface area (TPSA) is 20.2 Å². The Morgan fingerprint density at radius 1 is 0.857 bits per heavy atom. The second-order valence-corrected chi connectivity index (χ2v) is 7.34. The van der Waals surface area contributed by atoms with Crippen LogP contribution in [0.3, 0.4) is 0 Å². The van der Waals surface area contributed by atoms with E-state index in [1.54, 1.807) is 0 Å². The van der Waals surface area contributed by atoms with Gasteiger partial charge in [-0.25, -0.2) is 0 Å². The highest BCUT2D eigenvalue weighted by Crippen LogP contribution is 2.54. The summed E-state index contributed by atoms with van der Waals surface area (Å²) in [6.07, 6.45) is 15.7. The third-order valence-corrected chi connectivity index (χ3v) is 5.37. The van der Waals surface area contributed by atoms with Gasteiger partial charge in [0.05, 0.1) is 0 Å². The highest BCUT2D eigenvalue weighted by molar-refractivity contribution is 5.05. The van der Waals surface area contributed by atoms with E-state index < -0.39 is 0 Å². The van der Waals surface area contributed by atoms with Gasteiger partial charge in [-0.05, 0) is 55.8 Å². The Labute approximate surface area is 131 Å². The number of unbranched alkanes of at least 4 members (excludes halogenated alkanes) is 5. The lowest BCUT2D eigenvalue weighted by atomic mass is 10.1. The van der Waals surface area contributed by atoms with Gasteiger partial charge in [-0.3, -0.25) is 0 Å². The van der Waals surface area contributed by atoms with Gasteiger partial charge < -0.3 is 5.11 Å². The molecule has 2 rings (SSSR count). The van der Waals surface area contributed by atoms with Crippen LogP contribution in [0.5, 0.6) is 0 Å². The summed E-state index contributed by atoms with van der Waals surface area (Å²) in [7, 11) is 0. The SMILES string of the molecule is CCCCC[C@@H]1CC1C[C@@H]1C[C@@H]1CC#CCCCCCO. The molecule has 2 aliphatic carbocycles. The number of aliphatic hydroxyl groups excluding tert-OH is 1. The number of hydrogen-bond acceptors (Lipinski definition) is 1. The van der Waals surface area contributed by atoms with E-state index in [4.69, 9.17) is 5.11 Å². The van der Waals surface area contributed by atoms with Crippen LogP contribution in [0, 0.1) is 35.5 Å². The Balaban J connectivity index is 1.43. The molecule has 4 atom stereocenters. The summed E-state index contributed by atoms with van der Waals surface area (Å²) in [6, 6.07) is 0. The molecule has 120 valence electrons. The van der Waals surface area contributed by atoms with Crippen molar-refractivity contribution in [2.24, 2.45) is 23.7 Å². The molecule has 2 aliphatic rings. The average molecular weight is 290 g/mol. The van der Waals surface area contributed by atoms with Gasteiger partial charge in [-0.1, -0.05) is 39.0 Å². The van der Waals surface area contributed by atoms with Gasteiger partial charge in [0.1, 0.15) is 0 Å². The fraction of sp³-hybridized carbons (Fsp3) is 0.900. The van der Waals surface area contributed by atoms with Crippen molar-refractivity contribution >= 4 is 0 Å². The first-order chi connectivity index (χ1) is 10.3. The third kappa shape index (κ3) is 6.88. The average Bonchev–Trinajstić information content (AvgIpc) is 3.39. The maximum atomic E-state index is 8.70. The Kier molecular flexibility index (Phi) is 7.65. The first kappa shape index (κ1) is 16.9. The molecule has 21 heavy (non-hydrogen) atoms. The van der Waals surface area contributed by atoms with Gasteiger partial charge >= 0.3 is 0 Å². The van der Waals surface area contributed by atoms with Crippen molar-refractivity contribution in [3.63, 3.8) is 0 Å². The number of aliphatic hydroxyl groups is 1. The van der Waals surface area contributed by atoms with Crippen LogP contribution < -0.4 is 0 Å². The molecule has 0 radical (unpaired) electrons. The Morgan fingerprint density at radius 2 is 1.67 bits per heavy atom. The minimum Gasteiger partial charge on any atom is -0.396 e. The molecule has 1 unspecified atom stereocenters. The normalized spacial score (nSPS) is 29.8. The fourth-order valence-corrected chi connectivity index (χ4v) is 3.64. The van der Waals surface area contributed by atoms with Crippen LogP contribution in [0.1, 0.15) is 84.0 Å². The quantitative estimate of drug-likeness (QED) is 0.411. The maximum absolute atomic E-state index is 8.70. The minimum absolute atomic E-state index is 0.331. The Bertz CT molecular complexity index is 337. The molecule has 1 heteroatoms. The summed E-state index contributed by atoms with van der Waals surface area (Å²) in [5.41, 5.74) is 0. The molecule has 2 saturated carbocycles. The molecule has 0 aliphatic heterocycles. The van der Waals surface area contributed by atoms with E-state index in [9.17, 15) is 0 Å². The number of hydrogen-bond donors (Lipinski definition) is 1. The molecular weight excluding hydrogens is 256 g/mol. The highest BCUT2D eigenvalue weighted by Gasteiger charge is 2.44. The largest absolute Gasteiger partial charge is 0.396 e. The zero-order chi connectivity index (χ0) is 14.9. The highest BCUT2D eigenvalue weighted by atomic mass is 16.2. The van der Waals surface area contributed by atoms with Crippen molar-refractivity contribution in [2.75, 3.05) is 6.61 Å². The standard InChI is InChI=1S/C20H34O/c1-2-3-8-11-17-14-19(17)16-20-15-18(20)12-9-6-4-5-7-10-13-21/h17-21H,2-5,7-8,10-16H2,1H3/t17-,18+,19?,20+/m1/s1. The smallest absolute Gasteiger partial charge is 0.0431 e. The first-order valence-electron chi connectivity index (χ1n) is 9.41. The molecular formula is C20H34O. The Morgan fingerprint density at radius 3 is 2.48 bits per heavy atom. The van der Waals surface area contributed by atoms with Crippen molar-refractivity contribution in [2.45, 2.75) is 84.0 Å². The van der Waals surface area contributed by atoms with Crippen LogP contribution in [0.2, 0.25) is 0 Å². The fourth-order valence-electron chi connectivity index (χ4n) is 3.64. The molecule has 0 aromatic heterocycles. The molecule has 0 bridgehead atoms. The zero-order valence-electron chi connectivity index (χ0n) is 13.9. The second-order valence-electron chi connectivity index (χ2n) is 7.34. The summed E-state index contributed by atoms with van der Waals surface area (Å²) in [5.74, 6) is 10.8. The van der Waals surface area contributed by atoms with Gasteiger partial charge in [0.2, 0.25) is 0 Å².